The molecule has 8 nitrogen and oxygen atoms in total. The van der Waals surface area contributed by atoms with Gasteiger partial charge in [0.25, 0.3) is 5.91 Å². The number of rotatable bonds is 4. The highest BCUT2D eigenvalue weighted by molar-refractivity contribution is 6.16. The number of H-pyrrole nitrogens is 1. The third-order valence-electron chi connectivity index (χ3n) is 5.91. The first-order valence-corrected chi connectivity index (χ1v) is 11.1. The number of fused-ring (bicyclic) bond motifs is 3. The van der Waals surface area contributed by atoms with E-state index in [-0.39, 0.29) is 17.3 Å². The number of hydrogen-bond acceptors (Lipinski definition) is 5. The zero-order chi connectivity index (χ0) is 23.9. The molecule has 170 valence electrons. The van der Waals surface area contributed by atoms with Crippen molar-refractivity contribution in [1.82, 2.24) is 19.6 Å². The standard InChI is InChI=1S/C27H21N7O/c1-16-7-6-8-18(13-16)31-27(35)23-24-26(33-22-12-5-4-11-21(22)32-24)34(25(23)28)30-15-17-14-29-20-10-3-2-9-19(17)20/h2-15,29H,28H2,1H3,(H,31,35)/b30-15+. The second-order valence-corrected chi connectivity index (χ2v) is 8.31. The topological polar surface area (TPSA) is 114 Å². The van der Waals surface area contributed by atoms with Crippen molar-refractivity contribution in [2.24, 2.45) is 5.10 Å². The molecule has 0 spiro atoms. The molecule has 3 aromatic carbocycles. The van der Waals surface area contributed by atoms with Gasteiger partial charge in [-0.05, 0) is 42.8 Å². The molecule has 0 bridgehead atoms. The van der Waals surface area contributed by atoms with E-state index in [0.717, 1.165) is 22.0 Å². The van der Waals surface area contributed by atoms with Crippen LogP contribution in [0.5, 0.6) is 0 Å². The van der Waals surface area contributed by atoms with E-state index < -0.39 is 0 Å². The first kappa shape index (κ1) is 20.6. The Morgan fingerprint density at radius 3 is 2.63 bits per heavy atom. The number of hydrogen-bond donors (Lipinski definition) is 3. The van der Waals surface area contributed by atoms with Crippen molar-refractivity contribution in [3.63, 3.8) is 0 Å². The van der Waals surface area contributed by atoms with Crippen molar-refractivity contribution in [3.05, 3.63) is 95.7 Å². The molecule has 0 atom stereocenters. The summed E-state index contributed by atoms with van der Waals surface area (Å²) < 4.78 is 1.47. The van der Waals surface area contributed by atoms with Gasteiger partial charge in [0.05, 0.1) is 17.2 Å². The van der Waals surface area contributed by atoms with Gasteiger partial charge in [-0.25, -0.2) is 9.97 Å². The molecule has 35 heavy (non-hydrogen) atoms. The van der Waals surface area contributed by atoms with Crippen molar-refractivity contribution in [2.75, 3.05) is 11.1 Å². The van der Waals surface area contributed by atoms with Crippen LogP contribution in [0.25, 0.3) is 33.1 Å². The van der Waals surface area contributed by atoms with Crippen LogP contribution in [0.3, 0.4) is 0 Å². The number of carbonyl (C=O) groups excluding carboxylic acids is 1. The summed E-state index contributed by atoms with van der Waals surface area (Å²) in [5.41, 5.74) is 12.5. The van der Waals surface area contributed by atoms with Crippen molar-refractivity contribution < 1.29 is 4.79 Å². The zero-order valence-electron chi connectivity index (χ0n) is 18.9. The number of carbonyl (C=O) groups is 1. The lowest BCUT2D eigenvalue weighted by Gasteiger charge is -2.06. The molecular formula is C27H21N7O. The van der Waals surface area contributed by atoms with Gasteiger partial charge >= 0.3 is 0 Å². The Bertz CT molecular complexity index is 1780. The van der Waals surface area contributed by atoms with Crippen LogP contribution in [0, 0.1) is 6.92 Å². The van der Waals surface area contributed by atoms with E-state index in [4.69, 9.17) is 15.7 Å². The number of anilines is 2. The average molecular weight is 460 g/mol. The summed E-state index contributed by atoms with van der Waals surface area (Å²) in [6.45, 7) is 1.97. The third kappa shape index (κ3) is 3.57. The van der Waals surface area contributed by atoms with E-state index in [1.807, 2.05) is 85.9 Å². The molecule has 0 aliphatic heterocycles. The number of nitrogens with one attached hydrogen (secondary N) is 2. The number of aryl methyl sites for hydroxylation is 1. The highest BCUT2D eigenvalue weighted by Gasteiger charge is 2.24. The summed E-state index contributed by atoms with van der Waals surface area (Å²) in [4.78, 5) is 26.1. The van der Waals surface area contributed by atoms with Gasteiger partial charge in [-0.3, -0.25) is 4.79 Å². The molecule has 3 heterocycles. The largest absolute Gasteiger partial charge is 0.383 e. The number of nitrogens with two attached hydrogens (primary N) is 1. The fraction of sp³-hybridized carbons (Fsp3) is 0.0370. The van der Waals surface area contributed by atoms with E-state index in [2.05, 4.69) is 15.4 Å². The molecule has 4 N–H and O–H groups in total. The fourth-order valence-corrected chi connectivity index (χ4v) is 4.23. The second-order valence-electron chi connectivity index (χ2n) is 8.31. The quantitative estimate of drug-likeness (QED) is 0.319. The summed E-state index contributed by atoms with van der Waals surface area (Å²) in [5, 5.41) is 8.58. The summed E-state index contributed by atoms with van der Waals surface area (Å²) in [6.07, 6.45) is 3.58. The Hall–Kier alpha value is -4.98. The van der Waals surface area contributed by atoms with Gasteiger partial charge < -0.3 is 16.0 Å². The Kier molecular flexibility index (Phi) is 4.77. The molecule has 6 rings (SSSR count). The molecule has 0 saturated heterocycles. The second kappa shape index (κ2) is 8.11. The molecule has 0 saturated carbocycles. The van der Waals surface area contributed by atoms with Gasteiger partial charge in [0.2, 0.25) is 0 Å². The maximum Gasteiger partial charge on any atom is 0.261 e. The minimum absolute atomic E-state index is 0.163. The zero-order valence-corrected chi connectivity index (χ0v) is 18.9. The molecule has 0 radical (unpaired) electrons. The van der Waals surface area contributed by atoms with Crippen LogP contribution in [0.4, 0.5) is 11.5 Å². The summed E-state index contributed by atoms with van der Waals surface area (Å²) in [6, 6.07) is 23.0. The maximum atomic E-state index is 13.4. The molecular weight excluding hydrogens is 438 g/mol. The fourth-order valence-electron chi connectivity index (χ4n) is 4.23. The molecule has 0 unspecified atom stereocenters. The Balaban J connectivity index is 1.51. The Labute approximate surface area is 200 Å². The normalized spacial score (nSPS) is 11.7. The minimum Gasteiger partial charge on any atom is -0.383 e. The highest BCUT2D eigenvalue weighted by Crippen LogP contribution is 2.29. The summed E-state index contributed by atoms with van der Waals surface area (Å²) in [7, 11) is 0. The monoisotopic (exact) mass is 459 g/mol. The minimum atomic E-state index is -0.372. The number of nitrogens with zero attached hydrogens (tertiary/aromatic N) is 4. The average Bonchev–Trinajstić information content (AvgIpc) is 3.39. The van der Waals surface area contributed by atoms with Gasteiger partial charge in [0.1, 0.15) is 16.9 Å². The Morgan fingerprint density at radius 1 is 1.03 bits per heavy atom. The number of nitrogen functional groups attached to an aromatic ring is 1. The SMILES string of the molecule is Cc1cccc(NC(=O)c2c(N)n(/N=C/c3c[nH]c4ccccc34)c3nc4ccccc4nc23)c1. The number of benzene rings is 3. The van der Waals surface area contributed by atoms with E-state index >= 15 is 0 Å². The van der Waals surface area contributed by atoms with Crippen LogP contribution in [0.1, 0.15) is 21.5 Å². The van der Waals surface area contributed by atoms with Crippen LogP contribution in [-0.2, 0) is 0 Å². The number of aromatic amines is 1. The highest BCUT2D eigenvalue weighted by atomic mass is 16.1. The van der Waals surface area contributed by atoms with Crippen LogP contribution in [0.15, 0.2) is 84.1 Å². The van der Waals surface area contributed by atoms with Gasteiger partial charge in [-0.2, -0.15) is 9.78 Å². The Morgan fingerprint density at radius 2 is 1.80 bits per heavy atom. The molecule has 0 fully saturated rings. The van der Waals surface area contributed by atoms with Crippen molar-refractivity contribution in [2.45, 2.75) is 6.92 Å². The van der Waals surface area contributed by atoms with Crippen LogP contribution in [-0.4, -0.2) is 31.7 Å². The lowest BCUT2D eigenvalue weighted by Crippen LogP contribution is -2.14. The molecule has 6 aromatic rings. The predicted molar refractivity (Wildman–Crippen MR) is 140 cm³/mol. The maximum absolute atomic E-state index is 13.4. The van der Waals surface area contributed by atoms with Gasteiger partial charge in [0.15, 0.2) is 5.65 Å². The predicted octanol–water partition coefficient (Wildman–Crippen LogP) is 5.09. The molecule has 1 amide bonds. The lowest BCUT2D eigenvalue weighted by molar-refractivity contribution is 0.102. The van der Waals surface area contributed by atoms with Crippen LogP contribution < -0.4 is 11.1 Å². The summed E-state index contributed by atoms with van der Waals surface area (Å²) >= 11 is 0. The van der Waals surface area contributed by atoms with Crippen LogP contribution in [0.2, 0.25) is 0 Å². The van der Waals surface area contributed by atoms with Gasteiger partial charge in [-0.1, -0.05) is 42.5 Å². The summed E-state index contributed by atoms with van der Waals surface area (Å²) in [5.74, 6) is -0.208. The van der Waals surface area contributed by atoms with Gasteiger partial charge in [0, 0.05) is 28.4 Å². The first-order valence-electron chi connectivity index (χ1n) is 11.1. The van der Waals surface area contributed by atoms with Gasteiger partial charge in [-0.15, -0.1) is 0 Å². The first-order chi connectivity index (χ1) is 17.1. The molecule has 8 heteroatoms. The van der Waals surface area contributed by atoms with E-state index in [0.29, 0.717) is 27.9 Å². The van der Waals surface area contributed by atoms with Crippen LogP contribution >= 0.6 is 0 Å². The molecule has 0 aliphatic carbocycles. The van der Waals surface area contributed by atoms with E-state index in [1.165, 1.54) is 4.68 Å². The van der Waals surface area contributed by atoms with Crippen molar-refractivity contribution >= 4 is 56.7 Å². The number of para-hydroxylation sites is 3. The lowest BCUT2D eigenvalue weighted by atomic mass is 10.2. The number of aromatic nitrogens is 4. The smallest absolute Gasteiger partial charge is 0.261 e. The number of amides is 1. The molecule has 3 aromatic heterocycles. The third-order valence-corrected chi connectivity index (χ3v) is 5.91. The van der Waals surface area contributed by atoms with E-state index in [9.17, 15) is 4.79 Å². The molecule has 0 aliphatic rings. The van der Waals surface area contributed by atoms with E-state index in [1.54, 1.807) is 6.21 Å². The van der Waals surface area contributed by atoms with Crippen molar-refractivity contribution in [1.29, 1.82) is 0 Å². The van der Waals surface area contributed by atoms with Crippen molar-refractivity contribution in [3.8, 4) is 0 Å².